The van der Waals surface area contributed by atoms with Crippen LogP contribution in [0, 0.1) is 6.92 Å². The zero-order chi connectivity index (χ0) is 40.2. The van der Waals surface area contributed by atoms with Gasteiger partial charge in [-0.1, -0.05) is 91.7 Å². The fraction of sp³-hybridized carbons (Fsp3) is 0.205. The number of nitrogens with zero attached hydrogens (tertiary/aromatic N) is 4. The molecule has 0 fully saturated rings. The van der Waals surface area contributed by atoms with E-state index in [0.717, 1.165) is 28.3 Å². The number of carboxylic acids is 1. The van der Waals surface area contributed by atoms with Gasteiger partial charge >= 0.3 is 5.97 Å². The number of unbranched alkanes of at least 4 members (excludes halogenated alkanes) is 1. The summed E-state index contributed by atoms with van der Waals surface area (Å²) in [7, 11) is -1.89. The molecule has 0 aliphatic carbocycles. The Bertz CT molecular complexity index is 2550. The predicted molar refractivity (Wildman–Crippen MR) is 220 cm³/mol. The van der Waals surface area contributed by atoms with Crippen molar-refractivity contribution in [3.05, 3.63) is 153 Å². The van der Waals surface area contributed by atoms with Crippen LogP contribution in [0.4, 0.5) is 5.69 Å². The average molecular weight is 802 g/mol. The van der Waals surface area contributed by atoms with Gasteiger partial charge in [0, 0.05) is 30.9 Å². The topological polar surface area (TPSA) is 142 Å². The minimum atomic E-state index is -1.89. The summed E-state index contributed by atoms with van der Waals surface area (Å²) in [5.41, 5.74) is 4.28. The maximum Gasteiger partial charge on any atom is 0.307 e. The van der Waals surface area contributed by atoms with Crippen LogP contribution in [0.2, 0.25) is 5.02 Å². The van der Waals surface area contributed by atoms with Crippen molar-refractivity contribution in [2.45, 2.75) is 51.0 Å². The third kappa shape index (κ3) is 8.37. The van der Waals surface area contributed by atoms with Crippen LogP contribution in [0.5, 0.6) is 0 Å². The molecule has 11 nitrogen and oxygen atoms in total. The molecule has 6 aromatic rings. The molecule has 1 atom stereocenters. The number of fused-ring (bicyclic) bond motifs is 2. The van der Waals surface area contributed by atoms with Crippen molar-refractivity contribution < 1.29 is 28.5 Å². The quantitative estimate of drug-likeness (QED) is 0.129. The first-order chi connectivity index (χ1) is 27.5. The third-order valence-electron chi connectivity index (χ3n) is 10.1. The molecular weight excluding hydrogens is 762 g/mol. The maximum absolute atomic E-state index is 14.5. The Morgan fingerprint density at radius 1 is 0.895 bits per heavy atom. The molecule has 0 spiro atoms. The highest BCUT2D eigenvalue weighted by molar-refractivity contribution is 7.83. The van der Waals surface area contributed by atoms with Gasteiger partial charge < -0.3 is 14.9 Å². The highest BCUT2D eigenvalue weighted by Gasteiger charge is 2.30. The number of aromatic nitrogens is 2. The molecule has 57 heavy (non-hydrogen) atoms. The lowest BCUT2D eigenvalue weighted by Gasteiger charge is -2.29. The van der Waals surface area contributed by atoms with Crippen LogP contribution in [0.15, 0.2) is 114 Å². The summed E-state index contributed by atoms with van der Waals surface area (Å²) in [6, 6.07) is 32.2. The van der Waals surface area contributed by atoms with Crippen molar-refractivity contribution in [3.8, 4) is 5.69 Å². The molecule has 1 unspecified atom stereocenters. The summed E-state index contributed by atoms with van der Waals surface area (Å²) < 4.78 is 17.4. The van der Waals surface area contributed by atoms with E-state index < -0.39 is 28.8 Å². The number of amides is 3. The minimum Gasteiger partial charge on any atom is -0.481 e. The summed E-state index contributed by atoms with van der Waals surface area (Å²) in [4.78, 5) is 57.4. The Labute approximate surface area is 337 Å². The molecule has 5 aromatic carbocycles. The lowest BCUT2D eigenvalue weighted by molar-refractivity contribution is -0.136. The lowest BCUT2D eigenvalue weighted by Crippen LogP contribution is -2.36. The summed E-state index contributed by atoms with van der Waals surface area (Å²) in [5, 5.41) is 15.9. The van der Waals surface area contributed by atoms with E-state index in [2.05, 4.69) is 4.72 Å². The van der Waals surface area contributed by atoms with Gasteiger partial charge in [-0.25, -0.2) is 8.89 Å². The highest BCUT2D eigenvalue weighted by Crippen LogP contribution is 2.30. The standard InChI is InChI=1S/C44H40ClN5O6S/c1-3-4-22-49(35-17-13-29(14-18-35)24-39(51)52)44(55)41-40(45)28(2)50(46-41)38-20-16-33(26-37(38)43(54)48-23-21-31-10-6-8-12-34(31)27-48)42(53)47-57(56)36-19-15-30-9-5-7-11-32(30)25-36/h5-20,25-26H,3-4,21-24,27H2,1-2H3,(H,47,53)(H,51,52). The van der Waals surface area contributed by atoms with Crippen LogP contribution < -0.4 is 9.62 Å². The van der Waals surface area contributed by atoms with Gasteiger partial charge in [-0.2, -0.15) is 5.10 Å². The number of benzene rings is 5. The minimum absolute atomic E-state index is 0.0298. The molecule has 1 aliphatic rings. The van der Waals surface area contributed by atoms with E-state index >= 15 is 0 Å². The van der Waals surface area contributed by atoms with Crippen LogP contribution in [0.1, 0.15) is 73.4 Å². The van der Waals surface area contributed by atoms with Crippen LogP contribution in [-0.4, -0.2) is 60.8 Å². The fourth-order valence-electron chi connectivity index (χ4n) is 6.97. The first kappa shape index (κ1) is 39.1. The highest BCUT2D eigenvalue weighted by atomic mass is 35.5. The zero-order valence-corrected chi connectivity index (χ0v) is 33.0. The van der Waals surface area contributed by atoms with E-state index in [1.165, 1.54) is 16.8 Å². The van der Waals surface area contributed by atoms with Gasteiger partial charge in [0.25, 0.3) is 17.7 Å². The molecule has 2 N–H and O–H groups in total. The molecule has 0 saturated carbocycles. The van der Waals surface area contributed by atoms with Crippen LogP contribution in [0.25, 0.3) is 16.5 Å². The Morgan fingerprint density at radius 2 is 1.61 bits per heavy atom. The number of aliphatic carboxylic acids is 1. The van der Waals surface area contributed by atoms with E-state index in [1.54, 1.807) is 59.2 Å². The van der Waals surface area contributed by atoms with E-state index in [1.807, 2.05) is 61.5 Å². The molecule has 1 aliphatic heterocycles. The molecule has 0 bridgehead atoms. The fourth-order valence-corrected chi connectivity index (χ4v) is 8.00. The van der Waals surface area contributed by atoms with E-state index in [-0.39, 0.29) is 34.2 Å². The molecule has 290 valence electrons. The van der Waals surface area contributed by atoms with E-state index in [9.17, 15) is 28.5 Å². The molecule has 2 heterocycles. The van der Waals surface area contributed by atoms with Crippen molar-refractivity contribution in [2.75, 3.05) is 18.0 Å². The number of hydrogen-bond donors (Lipinski definition) is 2. The molecule has 13 heteroatoms. The van der Waals surface area contributed by atoms with Gasteiger partial charge in [0.05, 0.1) is 33.3 Å². The second kappa shape index (κ2) is 16.9. The van der Waals surface area contributed by atoms with Crippen LogP contribution in [-0.2, 0) is 35.2 Å². The predicted octanol–water partition coefficient (Wildman–Crippen LogP) is 7.71. The van der Waals surface area contributed by atoms with Gasteiger partial charge in [-0.3, -0.25) is 23.9 Å². The molecule has 7 rings (SSSR count). The first-order valence-electron chi connectivity index (χ1n) is 18.6. The molecule has 1 aromatic heterocycles. The number of anilines is 1. The molecule has 0 radical (unpaired) electrons. The monoisotopic (exact) mass is 801 g/mol. The van der Waals surface area contributed by atoms with E-state index in [4.69, 9.17) is 16.7 Å². The zero-order valence-electron chi connectivity index (χ0n) is 31.4. The number of hydrogen-bond acceptors (Lipinski definition) is 6. The Kier molecular flexibility index (Phi) is 11.6. The number of carbonyl (C=O) groups is 4. The normalized spacial score (nSPS) is 12.9. The Hall–Kier alpha value is -6.11. The summed E-state index contributed by atoms with van der Waals surface area (Å²) in [6.07, 6.45) is 2.00. The van der Waals surface area contributed by atoms with Crippen molar-refractivity contribution in [3.63, 3.8) is 0 Å². The SMILES string of the molecule is CCCCN(C(=O)c1nn(-c2ccc(C(=O)NS(=O)c3ccc4ccccc4c3)cc2C(=O)N2CCc3ccccc3C2)c(C)c1Cl)c1ccc(CC(=O)O)cc1. The number of halogens is 1. The number of carboxylic acid groups (broad SMARTS) is 1. The van der Waals surface area contributed by atoms with Gasteiger partial charge in [0.15, 0.2) is 16.7 Å². The molecular formula is C44H40ClN5O6S. The maximum atomic E-state index is 14.5. The molecule has 0 saturated heterocycles. The summed E-state index contributed by atoms with van der Waals surface area (Å²) in [5.74, 6) is -2.41. The van der Waals surface area contributed by atoms with Crippen LogP contribution in [0.3, 0.4) is 0 Å². The largest absolute Gasteiger partial charge is 0.481 e. The Morgan fingerprint density at radius 3 is 2.35 bits per heavy atom. The summed E-state index contributed by atoms with van der Waals surface area (Å²) >= 11 is 6.89. The molecule has 3 amide bonds. The van der Waals surface area contributed by atoms with Crippen molar-refractivity contribution in [1.82, 2.24) is 19.4 Å². The Balaban J connectivity index is 1.24. The van der Waals surface area contributed by atoms with Gasteiger partial charge in [0.2, 0.25) is 0 Å². The van der Waals surface area contributed by atoms with Crippen molar-refractivity contribution in [1.29, 1.82) is 0 Å². The lowest BCUT2D eigenvalue weighted by atomic mass is 9.98. The van der Waals surface area contributed by atoms with Crippen molar-refractivity contribution in [2.24, 2.45) is 0 Å². The third-order valence-corrected chi connectivity index (χ3v) is 11.6. The summed E-state index contributed by atoms with van der Waals surface area (Å²) in [6.45, 7) is 4.87. The second-order valence-corrected chi connectivity index (χ2v) is 15.5. The first-order valence-corrected chi connectivity index (χ1v) is 20.1. The van der Waals surface area contributed by atoms with Gasteiger partial charge in [0.1, 0.15) is 0 Å². The smallest absolute Gasteiger partial charge is 0.307 e. The number of nitrogens with one attached hydrogen (secondary N) is 1. The van der Waals surface area contributed by atoms with E-state index in [0.29, 0.717) is 60.0 Å². The van der Waals surface area contributed by atoms with Gasteiger partial charge in [-0.15, -0.1) is 0 Å². The number of carbonyl (C=O) groups excluding carboxylic acids is 3. The second-order valence-electron chi connectivity index (χ2n) is 13.9. The van der Waals surface area contributed by atoms with Crippen LogP contribution >= 0.6 is 11.6 Å². The average Bonchev–Trinajstić information content (AvgIpc) is 3.52. The van der Waals surface area contributed by atoms with Gasteiger partial charge in [-0.05, 0) is 89.7 Å². The number of rotatable bonds is 12. The van der Waals surface area contributed by atoms with Crippen molar-refractivity contribution >= 4 is 62.7 Å².